The largest absolute Gasteiger partial charge is 0.314 e. The Hall–Kier alpha value is 0.510. The van der Waals surface area contributed by atoms with Crippen molar-refractivity contribution in [2.75, 3.05) is 32.9 Å². The van der Waals surface area contributed by atoms with E-state index >= 15 is 0 Å². The Morgan fingerprint density at radius 3 is 2.62 bits per heavy atom. The number of nitrogens with zero attached hydrogens (tertiary/aromatic N) is 1. The maximum atomic E-state index is 13.2. The van der Waals surface area contributed by atoms with E-state index in [0.29, 0.717) is 0 Å². The number of alkyl halides is 1. The molecular weight excluding hydrogens is 359 g/mol. The van der Waals surface area contributed by atoms with Crippen LogP contribution in [0.25, 0.3) is 0 Å². The molecule has 0 aliphatic carbocycles. The fraction of sp³-hybridized carbons (Fsp3) is 0.600. The van der Waals surface area contributed by atoms with E-state index < -0.39 is 0 Å². The lowest BCUT2D eigenvalue weighted by Crippen LogP contribution is -2.45. The van der Waals surface area contributed by atoms with Crippen molar-refractivity contribution in [1.82, 2.24) is 10.2 Å². The quantitative estimate of drug-likeness (QED) is 0.877. The van der Waals surface area contributed by atoms with Crippen LogP contribution < -0.4 is 5.32 Å². The van der Waals surface area contributed by atoms with E-state index in [1.807, 2.05) is 6.07 Å². The Balaban J connectivity index is 2.14. The molecule has 1 N–H and O–H groups in total. The average molecular weight is 372 g/mol. The van der Waals surface area contributed by atoms with Gasteiger partial charge in [-0.25, -0.2) is 4.39 Å². The van der Waals surface area contributed by atoms with E-state index in [4.69, 9.17) is 0 Å². The summed E-state index contributed by atoms with van der Waals surface area (Å²) in [6, 6.07) is 1.93. The highest BCUT2D eigenvalue weighted by atomic mass is 79.9. The summed E-state index contributed by atoms with van der Waals surface area (Å²) in [6.07, 6.45) is 0. The first-order valence-corrected chi connectivity index (χ1v) is 7.58. The normalized spacial score (nSPS) is 19.9. The second kappa shape index (κ2) is 5.91. The minimum atomic E-state index is -0.320. The predicted molar refractivity (Wildman–Crippen MR) is 72.9 cm³/mol. The molecule has 0 aromatic carbocycles. The summed E-state index contributed by atoms with van der Waals surface area (Å²) in [4.78, 5) is 3.30. The molecule has 0 amide bonds. The second-order valence-corrected chi connectivity index (χ2v) is 6.98. The lowest BCUT2D eigenvalue weighted by atomic mass is 10.2. The van der Waals surface area contributed by atoms with Gasteiger partial charge in [-0.1, -0.05) is 0 Å². The predicted octanol–water partition coefficient (Wildman–Crippen LogP) is 3.19. The van der Waals surface area contributed by atoms with Crippen LogP contribution in [0.5, 0.6) is 0 Å². The van der Waals surface area contributed by atoms with Crippen LogP contribution >= 0.6 is 43.2 Å². The highest BCUT2D eigenvalue weighted by molar-refractivity contribution is 9.13. The van der Waals surface area contributed by atoms with Gasteiger partial charge in [-0.2, -0.15) is 0 Å². The first-order chi connectivity index (χ1) is 7.72. The minimum Gasteiger partial charge on any atom is -0.314 e. The Morgan fingerprint density at radius 2 is 2.12 bits per heavy atom. The minimum absolute atomic E-state index is 0.0882. The fourth-order valence-electron chi connectivity index (χ4n) is 1.87. The number of hydrogen-bond acceptors (Lipinski definition) is 3. The van der Waals surface area contributed by atoms with Crippen molar-refractivity contribution >= 4 is 43.2 Å². The standard InChI is InChI=1S/C10H13Br2FN2S/c11-7-5-9(16-10(7)12)8(6-13)15-3-1-14-2-4-15/h5,8,14H,1-4,6H2/t8-/m0/s1. The molecule has 1 aliphatic rings. The summed E-state index contributed by atoms with van der Waals surface area (Å²) in [5.74, 6) is 0. The van der Waals surface area contributed by atoms with Crippen LogP contribution in [0.3, 0.4) is 0 Å². The molecule has 2 rings (SSSR count). The molecule has 1 saturated heterocycles. The lowest BCUT2D eigenvalue weighted by Gasteiger charge is -2.32. The summed E-state index contributed by atoms with van der Waals surface area (Å²) >= 11 is 8.51. The number of halogens is 3. The molecule has 1 atom stereocenters. The van der Waals surface area contributed by atoms with E-state index in [1.165, 1.54) is 0 Å². The van der Waals surface area contributed by atoms with Gasteiger partial charge in [0.05, 0.1) is 9.83 Å². The van der Waals surface area contributed by atoms with Crippen LogP contribution in [0, 0.1) is 0 Å². The zero-order valence-electron chi connectivity index (χ0n) is 8.68. The first-order valence-electron chi connectivity index (χ1n) is 5.18. The Morgan fingerprint density at radius 1 is 1.44 bits per heavy atom. The molecule has 16 heavy (non-hydrogen) atoms. The van der Waals surface area contributed by atoms with Crippen LogP contribution in [-0.4, -0.2) is 37.8 Å². The van der Waals surface area contributed by atoms with Gasteiger partial charge in [0.1, 0.15) is 6.67 Å². The average Bonchev–Trinajstić information content (AvgIpc) is 2.61. The zero-order valence-corrected chi connectivity index (χ0v) is 12.7. The Bertz CT molecular complexity index is 333. The summed E-state index contributed by atoms with van der Waals surface area (Å²) in [5.41, 5.74) is 0. The fourth-order valence-corrected chi connectivity index (χ4v) is 4.08. The molecule has 0 bridgehead atoms. The van der Waals surface area contributed by atoms with Gasteiger partial charge in [0.15, 0.2) is 0 Å². The third kappa shape index (κ3) is 2.85. The summed E-state index contributed by atoms with van der Waals surface area (Å²) in [7, 11) is 0. The van der Waals surface area contributed by atoms with Gasteiger partial charge < -0.3 is 5.32 Å². The Labute approximate surface area is 115 Å². The van der Waals surface area contributed by atoms with E-state index in [1.54, 1.807) is 11.3 Å². The monoisotopic (exact) mass is 370 g/mol. The lowest BCUT2D eigenvalue weighted by molar-refractivity contribution is 0.150. The molecular formula is C10H13Br2FN2S. The Kier molecular flexibility index (Phi) is 4.78. The number of thiophene rings is 1. The van der Waals surface area contributed by atoms with E-state index in [-0.39, 0.29) is 12.7 Å². The zero-order chi connectivity index (χ0) is 11.5. The van der Waals surface area contributed by atoms with Crippen molar-refractivity contribution < 1.29 is 4.39 Å². The van der Waals surface area contributed by atoms with Crippen molar-refractivity contribution in [1.29, 1.82) is 0 Å². The van der Waals surface area contributed by atoms with Gasteiger partial charge >= 0.3 is 0 Å². The highest BCUT2D eigenvalue weighted by Gasteiger charge is 2.24. The van der Waals surface area contributed by atoms with Crippen LogP contribution in [0.2, 0.25) is 0 Å². The van der Waals surface area contributed by atoms with Gasteiger partial charge in [-0.05, 0) is 37.9 Å². The summed E-state index contributed by atoms with van der Waals surface area (Å²) in [6.45, 7) is 3.41. The molecule has 1 aromatic heterocycles. The summed E-state index contributed by atoms with van der Waals surface area (Å²) in [5, 5.41) is 3.28. The molecule has 1 aromatic rings. The maximum absolute atomic E-state index is 13.2. The molecule has 2 heterocycles. The molecule has 1 fully saturated rings. The van der Waals surface area contributed by atoms with Crippen molar-refractivity contribution in [2.24, 2.45) is 0 Å². The smallest absolute Gasteiger partial charge is 0.110 e. The SMILES string of the molecule is FC[C@@H](c1cc(Br)c(Br)s1)N1CCNCC1. The van der Waals surface area contributed by atoms with Crippen LogP contribution in [0.1, 0.15) is 10.9 Å². The topological polar surface area (TPSA) is 15.3 Å². The van der Waals surface area contributed by atoms with Crippen molar-refractivity contribution in [3.63, 3.8) is 0 Å². The van der Waals surface area contributed by atoms with Gasteiger partial charge in [0.25, 0.3) is 0 Å². The molecule has 0 spiro atoms. The first kappa shape index (κ1) is 13.0. The van der Waals surface area contributed by atoms with Gasteiger partial charge in [0.2, 0.25) is 0 Å². The van der Waals surface area contributed by atoms with Crippen molar-refractivity contribution in [3.8, 4) is 0 Å². The van der Waals surface area contributed by atoms with Crippen LogP contribution in [-0.2, 0) is 0 Å². The van der Waals surface area contributed by atoms with Crippen molar-refractivity contribution in [2.45, 2.75) is 6.04 Å². The third-order valence-corrected chi connectivity index (χ3v) is 6.09. The third-order valence-electron chi connectivity index (χ3n) is 2.73. The number of piperazine rings is 1. The van der Waals surface area contributed by atoms with Crippen LogP contribution in [0.4, 0.5) is 4.39 Å². The molecule has 0 radical (unpaired) electrons. The molecule has 0 saturated carbocycles. The molecule has 0 unspecified atom stereocenters. The number of rotatable bonds is 3. The van der Waals surface area contributed by atoms with Crippen molar-refractivity contribution in [3.05, 3.63) is 19.2 Å². The molecule has 2 nitrogen and oxygen atoms in total. The second-order valence-electron chi connectivity index (χ2n) is 3.73. The van der Waals surface area contributed by atoms with E-state index in [9.17, 15) is 4.39 Å². The van der Waals surface area contributed by atoms with Gasteiger partial charge in [-0.15, -0.1) is 11.3 Å². The number of nitrogens with one attached hydrogen (secondary N) is 1. The van der Waals surface area contributed by atoms with Gasteiger partial charge in [0, 0.05) is 35.5 Å². The van der Waals surface area contributed by atoms with E-state index in [0.717, 1.165) is 39.3 Å². The number of hydrogen-bond donors (Lipinski definition) is 1. The maximum Gasteiger partial charge on any atom is 0.110 e. The molecule has 90 valence electrons. The summed E-state index contributed by atoms with van der Waals surface area (Å²) < 4.78 is 15.2. The molecule has 6 heteroatoms. The van der Waals surface area contributed by atoms with Gasteiger partial charge in [-0.3, -0.25) is 4.90 Å². The highest BCUT2D eigenvalue weighted by Crippen LogP contribution is 2.37. The molecule has 1 aliphatic heterocycles. The van der Waals surface area contributed by atoms with E-state index in [2.05, 4.69) is 42.1 Å². The van der Waals surface area contributed by atoms with Crippen LogP contribution in [0.15, 0.2) is 14.3 Å².